The van der Waals surface area contributed by atoms with Crippen molar-refractivity contribution in [2.24, 2.45) is 0 Å². The van der Waals surface area contributed by atoms with Gasteiger partial charge in [-0.15, -0.1) is 0 Å². The highest BCUT2D eigenvalue weighted by Crippen LogP contribution is 2.37. The van der Waals surface area contributed by atoms with Gasteiger partial charge < -0.3 is 8.97 Å². The third kappa shape index (κ3) is 2.27. The molecular formula is C20H16ClFN4. The number of pyridine rings is 1. The molecule has 0 aliphatic carbocycles. The molecule has 1 aromatic carbocycles. The molecule has 0 atom stereocenters. The van der Waals surface area contributed by atoms with Gasteiger partial charge in [0.15, 0.2) is 0 Å². The first-order valence-corrected chi connectivity index (χ1v) is 8.98. The zero-order valence-electron chi connectivity index (χ0n) is 14.2. The molecule has 4 aromatic rings. The summed E-state index contributed by atoms with van der Waals surface area (Å²) in [5.74, 6) is 0.697. The van der Waals surface area contributed by atoms with Crippen molar-refractivity contribution in [2.75, 3.05) is 0 Å². The minimum absolute atomic E-state index is 0.129. The predicted octanol–water partition coefficient (Wildman–Crippen LogP) is 4.91. The molecule has 1 aliphatic heterocycles. The van der Waals surface area contributed by atoms with Crippen LogP contribution in [0.15, 0.2) is 42.9 Å². The Kier molecular flexibility index (Phi) is 3.40. The molecule has 1 aliphatic rings. The molecule has 0 spiro atoms. The first-order valence-electron chi connectivity index (χ1n) is 8.60. The van der Waals surface area contributed by atoms with Crippen LogP contribution in [0.5, 0.6) is 0 Å². The van der Waals surface area contributed by atoms with E-state index in [-0.39, 0.29) is 10.8 Å². The summed E-state index contributed by atoms with van der Waals surface area (Å²) in [5.41, 5.74) is 5.23. The second kappa shape index (κ2) is 5.68. The van der Waals surface area contributed by atoms with E-state index in [2.05, 4.69) is 21.8 Å². The third-order valence-electron chi connectivity index (χ3n) is 4.97. The summed E-state index contributed by atoms with van der Waals surface area (Å²) in [6.07, 6.45) is 7.81. The summed E-state index contributed by atoms with van der Waals surface area (Å²) < 4.78 is 18.2. The van der Waals surface area contributed by atoms with Crippen molar-refractivity contribution < 1.29 is 4.39 Å². The highest BCUT2D eigenvalue weighted by atomic mass is 35.5. The van der Waals surface area contributed by atoms with Gasteiger partial charge in [0.25, 0.3) is 0 Å². The summed E-state index contributed by atoms with van der Waals surface area (Å²) in [6.45, 7) is 2.67. The smallest absolute Gasteiger partial charge is 0.144 e. The van der Waals surface area contributed by atoms with Crippen LogP contribution in [0.4, 0.5) is 4.39 Å². The van der Waals surface area contributed by atoms with Crippen molar-refractivity contribution in [2.45, 2.75) is 26.3 Å². The van der Waals surface area contributed by atoms with Gasteiger partial charge in [-0.05, 0) is 43.2 Å². The van der Waals surface area contributed by atoms with E-state index >= 15 is 0 Å². The van der Waals surface area contributed by atoms with Crippen LogP contribution in [-0.4, -0.2) is 18.9 Å². The zero-order chi connectivity index (χ0) is 17.8. The van der Waals surface area contributed by atoms with Crippen LogP contribution < -0.4 is 0 Å². The van der Waals surface area contributed by atoms with Gasteiger partial charge >= 0.3 is 0 Å². The van der Waals surface area contributed by atoms with Gasteiger partial charge in [-0.3, -0.25) is 0 Å². The molecule has 6 heteroatoms. The summed E-state index contributed by atoms with van der Waals surface area (Å²) in [4.78, 5) is 9.18. The lowest BCUT2D eigenvalue weighted by molar-refractivity contribution is 0.619. The number of nitrogens with zero attached hydrogens (tertiary/aromatic N) is 4. The molecule has 5 rings (SSSR count). The topological polar surface area (TPSA) is 35.1 Å². The molecular weight excluding hydrogens is 351 g/mol. The molecule has 130 valence electrons. The molecule has 0 saturated heterocycles. The standard InChI is InChI=1S/C20H16ClFN4/c1-12-9-14(10-15(21)18(12)22)19-20(26-7-2-3-17(26)24-19)13-4-5-16-23-6-8-25(16)11-13/h4-6,8-11H,2-3,7H2,1H3. The van der Waals surface area contributed by atoms with Crippen LogP contribution >= 0.6 is 11.6 Å². The van der Waals surface area contributed by atoms with Gasteiger partial charge in [0.05, 0.1) is 16.4 Å². The minimum atomic E-state index is -0.372. The van der Waals surface area contributed by atoms with E-state index in [9.17, 15) is 4.39 Å². The van der Waals surface area contributed by atoms with E-state index in [0.717, 1.165) is 53.4 Å². The van der Waals surface area contributed by atoms with Gasteiger partial charge in [-0.25, -0.2) is 14.4 Å². The second-order valence-electron chi connectivity index (χ2n) is 6.68. The van der Waals surface area contributed by atoms with Crippen molar-refractivity contribution in [1.29, 1.82) is 0 Å². The Bertz CT molecular complexity index is 1140. The molecule has 3 aromatic heterocycles. The van der Waals surface area contributed by atoms with Gasteiger partial charge in [0.2, 0.25) is 0 Å². The molecule has 0 saturated carbocycles. The lowest BCUT2D eigenvalue weighted by Gasteiger charge is -2.10. The number of benzene rings is 1. The third-order valence-corrected chi connectivity index (χ3v) is 5.25. The highest BCUT2D eigenvalue weighted by Gasteiger charge is 2.24. The maximum Gasteiger partial charge on any atom is 0.144 e. The number of hydrogen-bond donors (Lipinski definition) is 0. The van der Waals surface area contributed by atoms with Crippen LogP contribution in [-0.2, 0) is 13.0 Å². The number of imidazole rings is 2. The number of aromatic nitrogens is 4. The van der Waals surface area contributed by atoms with Crippen molar-refractivity contribution in [3.05, 3.63) is 65.1 Å². The fraction of sp³-hybridized carbons (Fsp3) is 0.200. The van der Waals surface area contributed by atoms with Crippen LogP contribution in [0.2, 0.25) is 5.02 Å². The molecule has 0 N–H and O–H groups in total. The molecule has 26 heavy (non-hydrogen) atoms. The maximum atomic E-state index is 14.0. The predicted molar refractivity (Wildman–Crippen MR) is 99.9 cm³/mol. The Labute approximate surface area is 154 Å². The fourth-order valence-corrected chi connectivity index (χ4v) is 4.01. The van der Waals surface area contributed by atoms with Crippen molar-refractivity contribution >= 4 is 17.2 Å². The number of hydrogen-bond acceptors (Lipinski definition) is 2. The van der Waals surface area contributed by atoms with Crippen LogP contribution in [0.25, 0.3) is 28.2 Å². The van der Waals surface area contributed by atoms with Crippen molar-refractivity contribution in [3.8, 4) is 22.5 Å². The van der Waals surface area contributed by atoms with Gasteiger partial charge in [0.1, 0.15) is 17.3 Å². The zero-order valence-corrected chi connectivity index (χ0v) is 15.0. The lowest BCUT2D eigenvalue weighted by atomic mass is 10.0. The molecule has 0 bridgehead atoms. The van der Waals surface area contributed by atoms with E-state index < -0.39 is 0 Å². The fourth-order valence-electron chi connectivity index (χ4n) is 3.74. The highest BCUT2D eigenvalue weighted by molar-refractivity contribution is 6.31. The van der Waals surface area contributed by atoms with Crippen molar-refractivity contribution in [1.82, 2.24) is 18.9 Å². The lowest BCUT2D eigenvalue weighted by Crippen LogP contribution is -1.98. The van der Waals surface area contributed by atoms with Crippen LogP contribution in [0, 0.1) is 12.7 Å². The first-order chi connectivity index (χ1) is 12.6. The van der Waals surface area contributed by atoms with Gasteiger partial charge in [0, 0.05) is 42.7 Å². The summed E-state index contributed by atoms with van der Waals surface area (Å²) in [6, 6.07) is 7.54. The Morgan fingerprint density at radius 1 is 1.19 bits per heavy atom. The van der Waals surface area contributed by atoms with Crippen LogP contribution in [0.3, 0.4) is 0 Å². The van der Waals surface area contributed by atoms with E-state index in [1.807, 2.05) is 22.7 Å². The molecule has 0 unspecified atom stereocenters. The summed E-state index contributed by atoms with van der Waals surface area (Å²) in [5, 5.41) is 0.129. The van der Waals surface area contributed by atoms with Crippen molar-refractivity contribution in [3.63, 3.8) is 0 Å². The monoisotopic (exact) mass is 366 g/mol. The van der Waals surface area contributed by atoms with E-state index in [1.54, 1.807) is 19.2 Å². The van der Waals surface area contributed by atoms with Gasteiger partial charge in [-0.1, -0.05) is 11.6 Å². The number of rotatable bonds is 2. The van der Waals surface area contributed by atoms with Crippen LogP contribution in [0.1, 0.15) is 17.8 Å². The summed E-state index contributed by atoms with van der Waals surface area (Å²) >= 11 is 6.10. The number of fused-ring (bicyclic) bond motifs is 2. The van der Waals surface area contributed by atoms with E-state index in [1.165, 1.54) is 0 Å². The molecule has 0 fully saturated rings. The Morgan fingerprint density at radius 3 is 2.92 bits per heavy atom. The SMILES string of the molecule is Cc1cc(-c2nc3n(c2-c2ccc4nccn4c2)CCC3)cc(Cl)c1F. The minimum Gasteiger partial charge on any atom is -0.327 e. The Balaban J connectivity index is 1.77. The van der Waals surface area contributed by atoms with E-state index in [0.29, 0.717) is 5.56 Å². The second-order valence-corrected chi connectivity index (χ2v) is 7.09. The van der Waals surface area contributed by atoms with Gasteiger partial charge in [-0.2, -0.15) is 0 Å². The quantitative estimate of drug-likeness (QED) is 0.505. The normalized spacial score (nSPS) is 13.5. The average Bonchev–Trinajstić information content (AvgIpc) is 3.33. The first kappa shape index (κ1) is 15.6. The number of halogens is 2. The maximum absolute atomic E-state index is 14.0. The number of aryl methyl sites for hydroxylation is 2. The molecule has 0 radical (unpaired) electrons. The molecule has 4 heterocycles. The summed E-state index contributed by atoms with van der Waals surface area (Å²) in [7, 11) is 0. The Morgan fingerprint density at radius 2 is 2.08 bits per heavy atom. The average molecular weight is 367 g/mol. The molecule has 4 nitrogen and oxygen atoms in total. The van der Waals surface area contributed by atoms with E-state index in [4.69, 9.17) is 16.6 Å². The Hall–Kier alpha value is -2.66. The molecule has 0 amide bonds. The largest absolute Gasteiger partial charge is 0.327 e.